The molecule has 0 bridgehead atoms. The number of aromatic nitrogens is 3. The van der Waals surface area contributed by atoms with Gasteiger partial charge in [-0.1, -0.05) is 6.92 Å². The molecule has 0 saturated carbocycles. The highest BCUT2D eigenvalue weighted by Crippen LogP contribution is 2.29. The zero-order valence-corrected chi connectivity index (χ0v) is 20.2. The molecule has 0 aliphatic heterocycles. The van der Waals surface area contributed by atoms with Gasteiger partial charge >= 0.3 is 6.18 Å². The number of alkyl halides is 3. The molecule has 2 N–H and O–H groups in total. The number of nitrogens with zero attached hydrogens (tertiary/aromatic N) is 4. The van der Waals surface area contributed by atoms with E-state index in [4.69, 9.17) is 0 Å². The number of nitrogens with one attached hydrogen (secondary N) is 2. The normalized spacial score (nSPS) is 13.1. The SMILES string of the molecule is CCNC(=NCC(C)Cn1nc(C)cc1C)NCCc1nc(C(F)(F)F)cs1.I. The van der Waals surface area contributed by atoms with Gasteiger partial charge in [0.25, 0.3) is 0 Å². The molecule has 2 aromatic heterocycles. The fraction of sp³-hybridized carbons (Fsp3) is 0.611. The predicted octanol–water partition coefficient (Wildman–Crippen LogP) is 4.03. The highest BCUT2D eigenvalue weighted by atomic mass is 127. The summed E-state index contributed by atoms with van der Waals surface area (Å²) in [6.45, 7) is 10.6. The third-order valence-corrected chi connectivity index (χ3v) is 4.88. The first-order valence-electron chi connectivity index (χ1n) is 9.23. The summed E-state index contributed by atoms with van der Waals surface area (Å²) in [5.41, 5.74) is 1.30. The van der Waals surface area contributed by atoms with Gasteiger partial charge in [0.2, 0.25) is 0 Å². The van der Waals surface area contributed by atoms with Crippen molar-refractivity contribution >= 4 is 41.3 Å². The molecule has 0 radical (unpaired) electrons. The van der Waals surface area contributed by atoms with Crippen molar-refractivity contribution in [3.05, 3.63) is 33.5 Å². The number of halogens is 4. The molecule has 1 unspecified atom stereocenters. The summed E-state index contributed by atoms with van der Waals surface area (Å²) in [5, 5.41) is 12.3. The van der Waals surface area contributed by atoms with E-state index >= 15 is 0 Å². The van der Waals surface area contributed by atoms with E-state index in [1.165, 1.54) is 0 Å². The van der Waals surface area contributed by atoms with E-state index in [2.05, 4.69) is 32.6 Å². The van der Waals surface area contributed by atoms with Gasteiger partial charge < -0.3 is 10.6 Å². The fourth-order valence-electron chi connectivity index (χ4n) is 2.65. The van der Waals surface area contributed by atoms with Crippen LogP contribution in [0.25, 0.3) is 0 Å². The van der Waals surface area contributed by atoms with E-state index in [-0.39, 0.29) is 24.0 Å². The molecular formula is C18H28F3IN6S. The zero-order valence-electron chi connectivity index (χ0n) is 17.0. The number of thiazole rings is 1. The van der Waals surface area contributed by atoms with Crippen LogP contribution in [0.15, 0.2) is 16.4 Å². The van der Waals surface area contributed by atoms with Crippen LogP contribution >= 0.6 is 35.3 Å². The van der Waals surface area contributed by atoms with Crippen LogP contribution in [0.1, 0.15) is 35.9 Å². The van der Waals surface area contributed by atoms with Crippen LogP contribution in [0.2, 0.25) is 0 Å². The lowest BCUT2D eigenvalue weighted by Gasteiger charge is -2.14. The highest BCUT2D eigenvalue weighted by Gasteiger charge is 2.33. The largest absolute Gasteiger partial charge is 0.434 e. The van der Waals surface area contributed by atoms with Gasteiger partial charge in [0, 0.05) is 43.7 Å². The molecule has 2 heterocycles. The standard InChI is InChI=1S/C18H27F3N6S.HI/c1-5-22-17(23-7-6-16-25-15(11-28-16)18(19,20)21)24-9-12(2)10-27-14(4)8-13(3)26-27;/h8,11-12H,5-7,9-10H2,1-4H3,(H2,22,23,24);1H. The topological polar surface area (TPSA) is 67.1 Å². The van der Waals surface area contributed by atoms with Crippen molar-refractivity contribution in [2.45, 2.75) is 46.8 Å². The molecule has 0 fully saturated rings. The predicted molar refractivity (Wildman–Crippen MR) is 121 cm³/mol. The van der Waals surface area contributed by atoms with E-state index in [1.807, 2.05) is 31.5 Å². The van der Waals surface area contributed by atoms with Crippen LogP contribution in [-0.2, 0) is 19.1 Å². The first-order valence-corrected chi connectivity index (χ1v) is 10.1. The lowest BCUT2D eigenvalue weighted by Crippen LogP contribution is -2.38. The number of aliphatic imine (C=N–C) groups is 1. The van der Waals surface area contributed by atoms with Gasteiger partial charge in [-0.25, -0.2) is 4.98 Å². The Hall–Kier alpha value is -1.37. The average Bonchev–Trinajstić information content (AvgIpc) is 3.19. The number of aryl methyl sites for hydroxylation is 2. The number of hydrogen-bond donors (Lipinski definition) is 2. The summed E-state index contributed by atoms with van der Waals surface area (Å²) in [6, 6.07) is 2.05. The van der Waals surface area contributed by atoms with Crippen molar-refractivity contribution in [3.8, 4) is 0 Å². The summed E-state index contributed by atoms with van der Waals surface area (Å²) in [6.07, 6.45) is -3.98. The second-order valence-corrected chi connectivity index (χ2v) is 7.68. The van der Waals surface area contributed by atoms with Gasteiger partial charge in [-0.3, -0.25) is 9.67 Å². The summed E-state index contributed by atoms with van der Waals surface area (Å²) < 4.78 is 39.8. The second kappa shape index (κ2) is 11.7. The molecule has 1 atom stereocenters. The van der Waals surface area contributed by atoms with E-state index < -0.39 is 11.9 Å². The van der Waals surface area contributed by atoms with E-state index in [9.17, 15) is 13.2 Å². The van der Waals surface area contributed by atoms with Gasteiger partial charge in [-0.05, 0) is 32.8 Å². The van der Waals surface area contributed by atoms with E-state index in [1.54, 1.807) is 0 Å². The monoisotopic (exact) mass is 544 g/mol. The number of rotatable bonds is 8. The summed E-state index contributed by atoms with van der Waals surface area (Å²) in [5.74, 6) is 0.942. The van der Waals surface area contributed by atoms with Crippen molar-refractivity contribution in [1.29, 1.82) is 0 Å². The quantitative estimate of drug-likeness (QED) is 0.299. The maximum atomic E-state index is 12.6. The molecule has 2 aromatic rings. The van der Waals surface area contributed by atoms with Crippen LogP contribution < -0.4 is 10.6 Å². The van der Waals surface area contributed by atoms with Gasteiger partial charge in [0.1, 0.15) is 0 Å². The molecular weight excluding hydrogens is 516 g/mol. The van der Waals surface area contributed by atoms with Crippen molar-refractivity contribution in [2.75, 3.05) is 19.6 Å². The molecule has 2 rings (SSSR count). The van der Waals surface area contributed by atoms with Gasteiger partial charge in [0.15, 0.2) is 11.7 Å². The lowest BCUT2D eigenvalue weighted by molar-refractivity contribution is -0.140. The van der Waals surface area contributed by atoms with Crippen LogP contribution in [-0.4, -0.2) is 40.4 Å². The smallest absolute Gasteiger partial charge is 0.357 e. The van der Waals surface area contributed by atoms with Crippen molar-refractivity contribution in [3.63, 3.8) is 0 Å². The van der Waals surface area contributed by atoms with Gasteiger partial charge in [0.05, 0.1) is 10.7 Å². The average molecular weight is 544 g/mol. The molecule has 0 spiro atoms. The van der Waals surface area contributed by atoms with Crippen LogP contribution in [0.5, 0.6) is 0 Å². The molecule has 0 aromatic carbocycles. The Bertz CT molecular complexity index is 787. The molecule has 29 heavy (non-hydrogen) atoms. The lowest BCUT2D eigenvalue weighted by atomic mass is 10.2. The fourth-order valence-corrected chi connectivity index (χ4v) is 3.45. The minimum Gasteiger partial charge on any atom is -0.357 e. The third-order valence-electron chi connectivity index (χ3n) is 3.97. The summed E-state index contributed by atoms with van der Waals surface area (Å²) >= 11 is 1.02. The Kier molecular flexibility index (Phi) is 10.4. The number of hydrogen-bond acceptors (Lipinski definition) is 4. The van der Waals surface area contributed by atoms with Crippen molar-refractivity contribution < 1.29 is 13.2 Å². The minimum atomic E-state index is -4.39. The Balaban J connectivity index is 0.00000420. The Morgan fingerprint density at radius 3 is 2.59 bits per heavy atom. The molecule has 0 aliphatic carbocycles. The first kappa shape index (κ1) is 25.7. The molecule has 0 aliphatic rings. The highest BCUT2D eigenvalue weighted by molar-refractivity contribution is 14.0. The maximum absolute atomic E-state index is 12.6. The summed E-state index contributed by atoms with van der Waals surface area (Å²) in [4.78, 5) is 8.22. The van der Waals surface area contributed by atoms with Gasteiger partial charge in [-0.15, -0.1) is 35.3 Å². The van der Waals surface area contributed by atoms with Crippen LogP contribution in [0.3, 0.4) is 0 Å². The molecule has 164 valence electrons. The minimum absolute atomic E-state index is 0. The third kappa shape index (κ3) is 8.49. The van der Waals surface area contributed by atoms with Crippen LogP contribution in [0, 0.1) is 19.8 Å². The Labute approximate surface area is 190 Å². The van der Waals surface area contributed by atoms with Crippen LogP contribution in [0.4, 0.5) is 13.2 Å². The van der Waals surface area contributed by atoms with Crippen molar-refractivity contribution in [2.24, 2.45) is 10.9 Å². The van der Waals surface area contributed by atoms with Crippen molar-refractivity contribution in [1.82, 2.24) is 25.4 Å². The van der Waals surface area contributed by atoms with Gasteiger partial charge in [-0.2, -0.15) is 18.3 Å². The van der Waals surface area contributed by atoms with E-state index in [0.29, 0.717) is 42.9 Å². The summed E-state index contributed by atoms with van der Waals surface area (Å²) in [7, 11) is 0. The molecule has 6 nitrogen and oxygen atoms in total. The second-order valence-electron chi connectivity index (χ2n) is 6.74. The molecule has 0 amide bonds. The Morgan fingerprint density at radius 2 is 2.03 bits per heavy atom. The molecule has 0 saturated heterocycles. The maximum Gasteiger partial charge on any atom is 0.434 e. The first-order chi connectivity index (χ1) is 13.2. The molecule has 11 heteroatoms. The Morgan fingerprint density at radius 1 is 1.31 bits per heavy atom. The number of guanidine groups is 1. The van der Waals surface area contributed by atoms with E-state index in [0.717, 1.165) is 34.6 Å². The zero-order chi connectivity index (χ0) is 20.7.